The molecular weight excluding hydrogens is 180 g/mol. The monoisotopic (exact) mass is 194 g/mol. The molecule has 0 saturated carbocycles. The van der Waals surface area contributed by atoms with E-state index in [2.05, 4.69) is 28.4 Å². The molecule has 0 aromatic carbocycles. The van der Waals surface area contributed by atoms with E-state index in [0.717, 1.165) is 13.0 Å². The van der Waals surface area contributed by atoms with Crippen molar-refractivity contribution in [1.82, 2.24) is 25.1 Å². The molecule has 0 bridgehead atoms. The number of rotatable bonds is 5. The second kappa shape index (κ2) is 5.29. The zero-order valence-corrected chi connectivity index (χ0v) is 8.51. The molecule has 76 valence electrons. The van der Waals surface area contributed by atoms with Crippen molar-refractivity contribution in [3.63, 3.8) is 0 Å². The van der Waals surface area contributed by atoms with E-state index in [1.54, 1.807) is 7.05 Å². The van der Waals surface area contributed by atoms with Gasteiger partial charge >= 0.3 is 0 Å². The van der Waals surface area contributed by atoms with Crippen molar-refractivity contribution in [3.05, 3.63) is 5.82 Å². The summed E-state index contributed by atoms with van der Waals surface area (Å²) in [6.07, 6.45) is 1.02. The summed E-state index contributed by atoms with van der Waals surface area (Å²) in [4.78, 5) is 3.42. The topological polar surface area (TPSA) is 70.6 Å². The lowest BCUT2D eigenvalue weighted by atomic mass is 10.4. The van der Waals surface area contributed by atoms with Crippen LogP contribution in [0.2, 0.25) is 0 Å². The summed E-state index contributed by atoms with van der Waals surface area (Å²) in [7, 11) is 1.73. The summed E-state index contributed by atoms with van der Waals surface area (Å²) < 4.78 is 0. The summed E-state index contributed by atoms with van der Waals surface area (Å²) in [5, 5.41) is 20.3. The predicted molar refractivity (Wildman–Crippen MR) is 50.0 cm³/mol. The van der Waals surface area contributed by atoms with Crippen LogP contribution in [0.3, 0.4) is 0 Å². The van der Waals surface area contributed by atoms with E-state index in [0.29, 0.717) is 18.9 Å². The highest BCUT2D eigenvalue weighted by molar-refractivity contribution is 4.82. The standard InChI is InChI=1S/C8H14N6/c1-3-5-14(6-4-9)7-8-10-12-13(2)11-8/h3,5-7H2,1-2H3. The molecule has 0 amide bonds. The third-order valence-corrected chi connectivity index (χ3v) is 1.75. The average Bonchev–Trinajstić information content (AvgIpc) is 2.52. The fourth-order valence-corrected chi connectivity index (χ4v) is 1.22. The summed E-state index contributed by atoms with van der Waals surface area (Å²) in [5.41, 5.74) is 0. The van der Waals surface area contributed by atoms with Gasteiger partial charge < -0.3 is 0 Å². The van der Waals surface area contributed by atoms with E-state index in [4.69, 9.17) is 5.26 Å². The fraction of sp³-hybridized carbons (Fsp3) is 0.750. The van der Waals surface area contributed by atoms with Crippen LogP contribution in [0.25, 0.3) is 0 Å². The number of aryl methyl sites for hydroxylation is 1. The van der Waals surface area contributed by atoms with Crippen LogP contribution in [0.1, 0.15) is 19.2 Å². The highest BCUT2D eigenvalue weighted by Crippen LogP contribution is 1.97. The first-order valence-electron chi connectivity index (χ1n) is 4.58. The van der Waals surface area contributed by atoms with Crippen molar-refractivity contribution >= 4 is 0 Å². The Kier molecular flexibility index (Phi) is 4.01. The van der Waals surface area contributed by atoms with Crippen LogP contribution in [-0.4, -0.2) is 38.2 Å². The van der Waals surface area contributed by atoms with Crippen LogP contribution in [0.15, 0.2) is 0 Å². The Hall–Kier alpha value is -1.48. The molecule has 0 aliphatic rings. The maximum absolute atomic E-state index is 8.59. The second-order valence-electron chi connectivity index (χ2n) is 3.06. The van der Waals surface area contributed by atoms with Crippen molar-refractivity contribution < 1.29 is 0 Å². The molecule has 0 aliphatic carbocycles. The summed E-state index contributed by atoms with van der Waals surface area (Å²) >= 11 is 0. The van der Waals surface area contributed by atoms with E-state index in [1.807, 2.05) is 4.90 Å². The van der Waals surface area contributed by atoms with Crippen LogP contribution in [0, 0.1) is 11.3 Å². The Morgan fingerprint density at radius 2 is 2.36 bits per heavy atom. The van der Waals surface area contributed by atoms with E-state index in [1.165, 1.54) is 4.80 Å². The second-order valence-corrected chi connectivity index (χ2v) is 3.06. The van der Waals surface area contributed by atoms with Crippen LogP contribution in [0.4, 0.5) is 0 Å². The van der Waals surface area contributed by atoms with Crippen molar-refractivity contribution in [1.29, 1.82) is 5.26 Å². The molecule has 6 heteroatoms. The third kappa shape index (κ3) is 3.11. The smallest absolute Gasteiger partial charge is 0.188 e. The van der Waals surface area contributed by atoms with Crippen molar-refractivity contribution in [2.24, 2.45) is 7.05 Å². The van der Waals surface area contributed by atoms with Crippen molar-refractivity contribution in [2.45, 2.75) is 19.9 Å². The summed E-state index contributed by atoms with van der Waals surface area (Å²) in [5.74, 6) is 0.663. The molecule has 0 spiro atoms. The first-order chi connectivity index (χ1) is 6.76. The zero-order chi connectivity index (χ0) is 10.4. The van der Waals surface area contributed by atoms with Crippen LogP contribution >= 0.6 is 0 Å². The highest BCUT2D eigenvalue weighted by Gasteiger charge is 2.07. The summed E-state index contributed by atoms with van der Waals surface area (Å²) in [6.45, 7) is 3.96. The maximum atomic E-state index is 8.59. The van der Waals surface area contributed by atoms with Gasteiger partial charge in [-0.1, -0.05) is 6.92 Å². The van der Waals surface area contributed by atoms with Crippen LogP contribution in [-0.2, 0) is 13.6 Å². The molecule has 0 N–H and O–H groups in total. The molecule has 1 aromatic rings. The quantitative estimate of drug-likeness (QED) is 0.614. The fourth-order valence-electron chi connectivity index (χ4n) is 1.22. The third-order valence-electron chi connectivity index (χ3n) is 1.75. The molecule has 0 fully saturated rings. The van der Waals surface area contributed by atoms with E-state index >= 15 is 0 Å². The Labute approximate surface area is 83.1 Å². The average molecular weight is 194 g/mol. The number of hydrogen-bond donors (Lipinski definition) is 0. The van der Waals surface area contributed by atoms with E-state index in [-0.39, 0.29) is 0 Å². The SMILES string of the molecule is CCCN(CC#N)Cc1nnn(C)n1. The van der Waals surface area contributed by atoms with Gasteiger partial charge in [-0.15, -0.1) is 10.2 Å². The zero-order valence-electron chi connectivity index (χ0n) is 8.51. The lowest BCUT2D eigenvalue weighted by Crippen LogP contribution is -2.25. The van der Waals surface area contributed by atoms with Gasteiger partial charge in [0.1, 0.15) is 0 Å². The van der Waals surface area contributed by atoms with Gasteiger partial charge in [0.2, 0.25) is 0 Å². The lowest BCUT2D eigenvalue weighted by molar-refractivity contribution is 0.290. The molecule has 1 aromatic heterocycles. The number of tetrazole rings is 1. The normalized spacial score (nSPS) is 10.4. The van der Waals surface area contributed by atoms with E-state index in [9.17, 15) is 0 Å². The maximum Gasteiger partial charge on any atom is 0.188 e. The minimum absolute atomic E-state index is 0.409. The molecule has 0 saturated heterocycles. The minimum Gasteiger partial charge on any atom is -0.283 e. The highest BCUT2D eigenvalue weighted by atomic mass is 15.6. The molecule has 0 atom stereocenters. The van der Waals surface area contributed by atoms with Gasteiger partial charge in [-0.2, -0.15) is 10.1 Å². The number of hydrogen-bond acceptors (Lipinski definition) is 5. The molecule has 0 aliphatic heterocycles. The van der Waals surface area contributed by atoms with Crippen LogP contribution in [0.5, 0.6) is 0 Å². The largest absolute Gasteiger partial charge is 0.283 e. The Balaban J connectivity index is 2.51. The molecule has 6 nitrogen and oxygen atoms in total. The first-order valence-corrected chi connectivity index (χ1v) is 4.58. The van der Waals surface area contributed by atoms with Gasteiger partial charge in [0.25, 0.3) is 0 Å². The Morgan fingerprint density at radius 3 is 2.86 bits per heavy atom. The van der Waals surface area contributed by atoms with E-state index < -0.39 is 0 Å². The molecule has 0 radical (unpaired) electrons. The minimum atomic E-state index is 0.409. The summed E-state index contributed by atoms with van der Waals surface area (Å²) in [6, 6.07) is 2.12. The predicted octanol–water partition coefficient (Wildman–Crippen LogP) is -0.0543. The van der Waals surface area contributed by atoms with Gasteiger partial charge in [0.15, 0.2) is 5.82 Å². The molecule has 1 rings (SSSR count). The number of aromatic nitrogens is 4. The molecule has 1 heterocycles. The number of nitrogens with zero attached hydrogens (tertiary/aromatic N) is 6. The van der Waals surface area contributed by atoms with Gasteiger partial charge in [-0.3, -0.25) is 4.90 Å². The van der Waals surface area contributed by atoms with Gasteiger partial charge in [-0.05, 0) is 18.2 Å². The number of nitriles is 1. The van der Waals surface area contributed by atoms with Gasteiger partial charge in [-0.25, -0.2) is 0 Å². The van der Waals surface area contributed by atoms with Gasteiger partial charge in [0, 0.05) is 0 Å². The Morgan fingerprint density at radius 1 is 1.57 bits per heavy atom. The van der Waals surface area contributed by atoms with Crippen LogP contribution < -0.4 is 0 Å². The van der Waals surface area contributed by atoms with Crippen molar-refractivity contribution in [3.8, 4) is 6.07 Å². The molecule has 0 unspecified atom stereocenters. The molecule has 14 heavy (non-hydrogen) atoms. The molecular formula is C8H14N6. The van der Waals surface area contributed by atoms with Crippen molar-refractivity contribution in [2.75, 3.05) is 13.1 Å². The Bertz CT molecular complexity index is 312. The lowest BCUT2D eigenvalue weighted by Gasteiger charge is -2.14. The first kappa shape index (κ1) is 10.6. The van der Waals surface area contributed by atoms with Gasteiger partial charge in [0.05, 0.1) is 26.2 Å².